The van der Waals surface area contributed by atoms with Crippen molar-refractivity contribution in [2.45, 2.75) is 24.7 Å². The Balaban J connectivity index is 1.05. The summed E-state index contributed by atoms with van der Waals surface area (Å²) in [4.78, 5) is 10.9. The second-order valence-electron chi connectivity index (χ2n) is 17.3. The molecule has 62 heavy (non-hydrogen) atoms. The third-order valence-electron chi connectivity index (χ3n) is 13.6. The summed E-state index contributed by atoms with van der Waals surface area (Å²) in [5.41, 5.74) is 19.7. The predicted octanol–water partition coefficient (Wildman–Crippen LogP) is 15.0. The number of rotatable bonds is 6. The lowest BCUT2D eigenvalue weighted by Gasteiger charge is -2.34. The van der Waals surface area contributed by atoms with Gasteiger partial charge in [-0.3, -0.25) is 0 Å². The molecular formula is C60H42N2. The monoisotopic (exact) mass is 790 g/mol. The lowest BCUT2D eigenvalue weighted by molar-refractivity contribution is 0.660. The molecule has 9 aromatic carbocycles. The molecule has 10 aromatic rings. The second kappa shape index (κ2) is 13.9. The summed E-state index contributed by atoms with van der Waals surface area (Å²) in [7, 11) is 0. The number of benzene rings is 9. The van der Waals surface area contributed by atoms with Crippen molar-refractivity contribution in [2.75, 3.05) is 0 Å². The second-order valence-corrected chi connectivity index (χ2v) is 17.3. The zero-order valence-corrected chi connectivity index (χ0v) is 34.7. The molecule has 0 saturated heterocycles. The van der Waals surface area contributed by atoms with Crippen LogP contribution in [0.1, 0.15) is 47.2 Å². The predicted molar refractivity (Wildman–Crippen MR) is 256 cm³/mol. The van der Waals surface area contributed by atoms with E-state index in [-0.39, 0.29) is 5.41 Å². The molecule has 0 bridgehead atoms. The van der Waals surface area contributed by atoms with Crippen LogP contribution >= 0.6 is 0 Å². The molecule has 0 atom stereocenters. The Labute approximate surface area is 362 Å². The number of nitrogens with zero attached hydrogens (tertiary/aromatic N) is 2. The Hall–Kier alpha value is -7.68. The lowest BCUT2D eigenvalue weighted by Crippen LogP contribution is -2.28. The molecule has 0 amide bonds. The quantitative estimate of drug-likeness (QED) is 0.168. The molecule has 1 heterocycles. The minimum atomic E-state index is -0.510. The van der Waals surface area contributed by atoms with Crippen molar-refractivity contribution in [3.8, 4) is 67.3 Å². The Bertz CT molecular complexity index is 3330. The zero-order chi connectivity index (χ0) is 41.4. The fraction of sp³-hybridized carbons (Fsp3) is 0.0667. The van der Waals surface area contributed by atoms with E-state index in [4.69, 9.17) is 9.97 Å². The fourth-order valence-corrected chi connectivity index (χ4v) is 10.7. The fourth-order valence-electron chi connectivity index (χ4n) is 10.7. The third kappa shape index (κ3) is 5.36. The van der Waals surface area contributed by atoms with Crippen LogP contribution in [0.25, 0.3) is 78.1 Å². The molecular weight excluding hydrogens is 749 g/mol. The van der Waals surface area contributed by atoms with Gasteiger partial charge in [-0.1, -0.05) is 208 Å². The molecule has 0 aliphatic heterocycles. The molecule has 0 spiro atoms. The van der Waals surface area contributed by atoms with E-state index < -0.39 is 5.41 Å². The van der Waals surface area contributed by atoms with Crippen LogP contribution < -0.4 is 0 Å². The Morgan fingerprint density at radius 2 is 0.790 bits per heavy atom. The van der Waals surface area contributed by atoms with E-state index in [0.29, 0.717) is 5.82 Å². The average molecular weight is 791 g/mol. The van der Waals surface area contributed by atoms with Gasteiger partial charge in [0.25, 0.3) is 0 Å². The van der Waals surface area contributed by atoms with Crippen LogP contribution in [0.4, 0.5) is 0 Å². The maximum atomic E-state index is 5.50. The minimum Gasteiger partial charge on any atom is -0.228 e. The van der Waals surface area contributed by atoms with E-state index in [0.717, 1.165) is 33.5 Å². The molecule has 2 aliphatic rings. The van der Waals surface area contributed by atoms with Gasteiger partial charge in [0.15, 0.2) is 5.82 Å². The van der Waals surface area contributed by atoms with Gasteiger partial charge >= 0.3 is 0 Å². The maximum Gasteiger partial charge on any atom is 0.161 e. The van der Waals surface area contributed by atoms with Crippen LogP contribution in [-0.2, 0) is 10.8 Å². The summed E-state index contributed by atoms with van der Waals surface area (Å²) in [5.74, 6) is 0.704. The van der Waals surface area contributed by atoms with Crippen LogP contribution in [0, 0.1) is 0 Å². The zero-order valence-electron chi connectivity index (χ0n) is 34.7. The van der Waals surface area contributed by atoms with Gasteiger partial charge in [-0.2, -0.15) is 0 Å². The smallest absolute Gasteiger partial charge is 0.161 e. The van der Waals surface area contributed by atoms with Crippen molar-refractivity contribution in [1.29, 1.82) is 0 Å². The minimum absolute atomic E-state index is 0.0391. The van der Waals surface area contributed by atoms with Crippen LogP contribution in [0.15, 0.2) is 218 Å². The molecule has 0 saturated carbocycles. The van der Waals surface area contributed by atoms with Crippen LogP contribution in [0.2, 0.25) is 0 Å². The first kappa shape index (κ1) is 36.2. The van der Waals surface area contributed by atoms with Gasteiger partial charge < -0.3 is 0 Å². The van der Waals surface area contributed by atoms with Gasteiger partial charge in [0, 0.05) is 22.1 Å². The molecule has 12 rings (SSSR count). The molecule has 0 fully saturated rings. The van der Waals surface area contributed by atoms with Crippen LogP contribution in [0.3, 0.4) is 0 Å². The molecule has 2 heteroatoms. The summed E-state index contributed by atoms with van der Waals surface area (Å²) < 4.78 is 0. The summed E-state index contributed by atoms with van der Waals surface area (Å²) in [6.45, 7) is 4.67. The SMILES string of the molecule is CC1(C)c2ccccc2-c2cc(-c3ccc(-c4nc(-c5ccccc5)cc(-c5ccc6c(c5)C(c5ccccc5)(c5ccccc5)c5ccccc5-6)n4)c4ccccc34)ccc21. The molecule has 2 nitrogen and oxygen atoms in total. The van der Waals surface area contributed by atoms with Gasteiger partial charge in [0.05, 0.1) is 16.8 Å². The summed E-state index contributed by atoms with van der Waals surface area (Å²) in [6.07, 6.45) is 0. The van der Waals surface area contributed by atoms with E-state index in [1.165, 1.54) is 72.1 Å². The maximum absolute atomic E-state index is 5.50. The van der Waals surface area contributed by atoms with Gasteiger partial charge in [0.1, 0.15) is 0 Å². The van der Waals surface area contributed by atoms with Crippen molar-refractivity contribution >= 4 is 10.8 Å². The van der Waals surface area contributed by atoms with E-state index in [1.54, 1.807) is 0 Å². The van der Waals surface area contributed by atoms with Gasteiger partial charge in [0.2, 0.25) is 0 Å². The van der Waals surface area contributed by atoms with E-state index in [9.17, 15) is 0 Å². The number of fused-ring (bicyclic) bond motifs is 7. The molecule has 0 unspecified atom stereocenters. The summed E-state index contributed by atoms with van der Waals surface area (Å²) in [5, 5.41) is 2.30. The number of hydrogen-bond acceptors (Lipinski definition) is 2. The van der Waals surface area contributed by atoms with Gasteiger partial charge in [-0.25, -0.2) is 9.97 Å². The Kier molecular flexibility index (Phi) is 8.14. The highest BCUT2D eigenvalue weighted by Gasteiger charge is 2.46. The molecule has 1 aromatic heterocycles. The Morgan fingerprint density at radius 3 is 1.48 bits per heavy atom. The van der Waals surface area contributed by atoms with Gasteiger partial charge in [-0.15, -0.1) is 0 Å². The third-order valence-corrected chi connectivity index (χ3v) is 13.6. The normalized spacial score (nSPS) is 13.9. The van der Waals surface area contributed by atoms with Gasteiger partial charge in [-0.05, 0) is 102 Å². The highest BCUT2D eigenvalue weighted by Crippen LogP contribution is 2.57. The molecule has 0 radical (unpaired) electrons. The molecule has 292 valence electrons. The summed E-state index contributed by atoms with van der Waals surface area (Å²) in [6, 6.07) is 79.6. The summed E-state index contributed by atoms with van der Waals surface area (Å²) >= 11 is 0. The average Bonchev–Trinajstić information content (AvgIpc) is 3.76. The molecule has 2 aliphatic carbocycles. The van der Waals surface area contributed by atoms with E-state index in [1.807, 2.05) is 0 Å². The first-order chi connectivity index (χ1) is 30.5. The highest BCUT2D eigenvalue weighted by atomic mass is 14.9. The first-order valence-electron chi connectivity index (χ1n) is 21.6. The lowest BCUT2D eigenvalue weighted by atomic mass is 9.67. The molecule has 0 N–H and O–H groups in total. The Morgan fingerprint density at radius 1 is 0.306 bits per heavy atom. The van der Waals surface area contributed by atoms with E-state index >= 15 is 0 Å². The van der Waals surface area contributed by atoms with Crippen molar-refractivity contribution in [2.24, 2.45) is 0 Å². The van der Waals surface area contributed by atoms with Crippen LogP contribution in [-0.4, -0.2) is 9.97 Å². The number of aromatic nitrogens is 2. The van der Waals surface area contributed by atoms with Crippen molar-refractivity contribution in [1.82, 2.24) is 9.97 Å². The largest absolute Gasteiger partial charge is 0.228 e. The van der Waals surface area contributed by atoms with Crippen LogP contribution in [0.5, 0.6) is 0 Å². The van der Waals surface area contributed by atoms with E-state index in [2.05, 4.69) is 232 Å². The number of hydrogen-bond donors (Lipinski definition) is 0. The van der Waals surface area contributed by atoms with Crippen molar-refractivity contribution in [3.05, 3.63) is 252 Å². The van der Waals surface area contributed by atoms with Crippen molar-refractivity contribution < 1.29 is 0 Å². The standard InChI is InChI=1S/C60H42N2/c1-59(2)52-28-16-14-27-48(52)51-36-40(31-35-53(51)59)44-33-34-50(46-25-13-12-24-45(44)46)58-61-56(39-18-6-3-7-19-39)38-57(62-58)41-30-32-49-47-26-15-17-29-54(47)60(55(49)37-41,42-20-8-4-9-21-42)43-22-10-5-11-23-43/h3-38H,1-2H3. The van der Waals surface area contributed by atoms with Crippen molar-refractivity contribution in [3.63, 3.8) is 0 Å². The first-order valence-corrected chi connectivity index (χ1v) is 21.6. The highest BCUT2D eigenvalue weighted by molar-refractivity contribution is 6.05. The topological polar surface area (TPSA) is 25.8 Å².